The van der Waals surface area contributed by atoms with E-state index in [1.807, 2.05) is 0 Å². The Kier molecular flexibility index (Phi) is 1.84. The van der Waals surface area contributed by atoms with E-state index in [4.69, 9.17) is 0 Å². The number of phenols is 1. The van der Waals surface area contributed by atoms with Gasteiger partial charge in [0.2, 0.25) is 0 Å². The van der Waals surface area contributed by atoms with Crippen LogP contribution in [0.2, 0.25) is 0 Å². The van der Waals surface area contributed by atoms with Gasteiger partial charge in [-0.3, -0.25) is 4.98 Å². The second-order valence-electron chi connectivity index (χ2n) is 2.63. The van der Waals surface area contributed by atoms with Crippen LogP contribution in [0, 0.1) is 5.82 Å². The van der Waals surface area contributed by atoms with Crippen LogP contribution in [0.4, 0.5) is 4.39 Å². The summed E-state index contributed by atoms with van der Waals surface area (Å²) in [5.74, 6) is -1.12. The fourth-order valence-corrected chi connectivity index (χ4v) is 1.47. The predicted octanol–water partition coefficient (Wildman–Crippen LogP) is 2.37. The molecule has 0 saturated heterocycles. The molecule has 0 saturated carbocycles. The topological polar surface area (TPSA) is 33.1 Å². The molecule has 0 aliphatic heterocycles. The molecule has 1 N–H and O–H groups in total. The number of hydrogen-bond donors (Lipinski definition) is 2. The van der Waals surface area contributed by atoms with Crippen molar-refractivity contribution >= 4 is 23.5 Å². The van der Waals surface area contributed by atoms with E-state index in [-0.39, 0.29) is 5.52 Å². The maximum absolute atomic E-state index is 13.0. The van der Waals surface area contributed by atoms with Crippen molar-refractivity contribution in [2.45, 2.75) is 4.90 Å². The zero-order valence-corrected chi connectivity index (χ0v) is 7.42. The fourth-order valence-electron chi connectivity index (χ4n) is 1.18. The Hall–Kier alpha value is -1.29. The Bertz CT molecular complexity index is 472. The molecule has 0 amide bonds. The predicted molar refractivity (Wildman–Crippen MR) is 50.6 cm³/mol. The minimum Gasteiger partial charge on any atom is -0.503 e. The van der Waals surface area contributed by atoms with Gasteiger partial charge < -0.3 is 5.11 Å². The van der Waals surface area contributed by atoms with Gasteiger partial charge in [-0.1, -0.05) is 6.07 Å². The molecule has 13 heavy (non-hydrogen) atoms. The Morgan fingerprint density at radius 2 is 2.23 bits per heavy atom. The van der Waals surface area contributed by atoms with Gasteiger partial charge in [-0.25, -0.2) is 4.39 Å². The highest BCUT2D eigenvalue weighted by atomic mass is 32.1. The van der Waals surface area contributed by atoms with E-state index in [0.717, 1.165) is 0 Å². The molecule has 2 aromatic rings. The molecule has 0 atom stereocenters. The molecule has 4 heteroatoms. The summed E-state index contributed by atoms with van der Waals surface area (Å²) < 4.78 is 13.0. The van der Waals surface area contributed by atoms with Gasteiger partial charge in [0.25, 0.3) is 0 Å². The molecule has 0 radical (unpaired) electrons. The van der Waals surface area contributed by atoms with Crippen molar-refractivity contribution in [1.82, 2.24) is 4.98 Å². The summed E-state index contributed by atoms with van der Waals surface area (Å²) in [7, 11) is 0. The van der Waals surface area contributed by atoms with E-state index in [9.17, 15) is 9.50 Å². The van der Waals surface area contributed by atoms with Crippen molar-refractivity contribution in [2.75, 3.05) is 0 Å². The van der Waals surface area contributed by atoms with Gasteiger partial charge in [0.05, 0.1) is 0 Å². The number of halogens is 1. The first-order valence-electron chi connectivity index (χ1n) is 3.65. The number of phenolic OH excluding ortho intramolecular Hbond substituents is 1. The lowest BCUT2D eigenvalue weighted by Gasteiger charge is -2.03. The molecule has 0 fully saturated rings. The molecular weight excluding hydrogens is 189 g/mol. The summed E-state index contributed by atoms with van der Waals surface area (Å²) in [4.78, 5) is 4.33. The molecule has 2 rings (SSSR count). The number of aromatic hydroxyl groups is 1. The van der Waals surface area contributed by atoms with Crippen molar-refractivity contribution in [3.8, 4) is 5.75 Å². The minimum absolute atomic E-state index is 0.243. The van der Waals surface area contributed by atoms with Crippen LogP contribution in [0.25, 0.3) is 10.9 Å². The summed E-state index contributed by atoms with van der Waals surface area (Å²) in [6.07, 6.45) is 1.49. The standard InChI is InChI=1S/C9H6FNOS/c10-6-4-7(13)5-2-1-3-11-8(5)9(6)12/h1-4,12-13H. The summed E-state index contributed by atoms with van der Waals surface area (Å²) in [6.45, 7) is 0. The van der Waals surface area contributed by atoms with Crippen molar-refractivity contribution in [1.29, 1.82) is 0 Å². The molecule has 0 aliphatic rings. The third-order valence-corrected chi connectivity index (χ3v) is 2.17. The minimum atomic E-state index is -0.698. The van der Waals surface area contributed by atoms with Crippen LogP contribution in [-0.4, -0.2) is 10.1 Å². The number of benzene rings is 1. The lowest BCUT2D eigenvalue weighted by Crippen LogP contribution is -1.84. The van der Waals surface area contributed by atoms with Gasteiger partial charge in [-0.05, 0) is 12.1 Å². The summed E-state index contributed by atoms with van der Waals surface area (Å²) >= 11 is 4.08. The number of nitrogens with zero attached hydrogens (tertiary/aromatic N) is 1. The Morgan fingerprint density at radius 1 is 1.46 bits per heavy atom. The van der Waals surface area contributed by atoms with E-state index >= 15 is 0 Å². The van der Waals surface area contributed by atoms with E-state index in [0.29, 0.717) is 10.3 Å². The van der Waals surface area contributed by atoms with E-state index < -0.39 is 11.6 Å². The molecule has 0 unspecified atom stereocenters. The highest BCUT2D eigenvalue weighted by molar-refractivity contribution is 7.80. The van der Waals surface area contributed by atoms with Gasteiger partial charge in [0.15, 0.2) is 11.6 Å². The maximum Gasteiger partial charge on any atom is 0.178 e. The normalized spacial score (nSPS) is 10.6. The highest BCUT2D eigenvalue weighted by Gasteiger charge is 2.09. The fraction of sp³-hybridized carbons (Fsp3) is 0. The Labute approximate surface area is 79.4 Å². The second-order valence-corrected chi connectivity index (χ2v) is 3.11. The van der Waals surface area contributed by atoms with Crippen molar-refractivity contribution in [2.24, 2.45) is 0 Å². The summed E-state index contributed by atoms with van der Waals surface area (Å²) in [5.41, 5.74) is 0.243. The zero-order valence-electron chi connectivity index (χ0n) is 6.53. The molecule has 1 aromatic heterocycles. The number of aromatic nitrogens is 1. The number of pyridine rings is 1. The van der Waals surface area contributed by atoms with Gasteiger partial charge >= 0.3 is 0 Å². The molecule has 1 heterocycles. The summed E-state index contributed by atoms with van der Waals surface area (Å²) in [6, 6.07) is 4.60. The maximum atomic E-state index is 13.0. The largest absolute Gasteiger partial charge is 0.503 e. The first-order valence-corrected chi connectivity index (χ1v) is 4.10. The third kappa shape index (κ3) is 1.23. The number of hydrogen-bond acceptors (Lipinski definition) is 3. The molecule has 0 bridgehead atoms. The lowest BCUT2D eigenvalue weighted by molar-refractivity contribution is 0.436. The zero-order chi connectivity index (χ0) is 9.42. The van der Waals surface area contributed by atoms with Crippen LogP contribution in [-0.2, 0) is 0 Å². The smallest absolute Gasteiger partial charge is 0.178 e. The van der Waals surface area contributed by atoms with Crippen LogP contribution in [0.15, 0.2) is 29.3 Å². The van der Waals surface area contributed by atoms with Gasteiger partial charge in [0.1, 0.15) is 5.52 Å². The number of thiol groups is 1. The monoisotopic (exact) mass is 195 g/mol. The number of fused-ring (bicyclic) bond motifs is 1. The van der Waals surface area contributed by atoms with Crippen LogP contribution in [0.5, 0.6) is 5.75 Å². The quantitative estimate of drug-likeness (QED) is 0.633. The van der Waals surface area contributed by atoms with Crippen molar-refractivity contribution < 1.29 is 9.50 Å². The SMILES string of the molecule is Oc1c(F)cc(S)c2cccnc12. The Balaban J connectivity index is 2.97. The average molecular weight is 195 g/mol. The van der Waals surface area contributed by atoms with Crippen LogP contribution in [0.3, 0.4) is 0 Å². The molecule has 0 aliphatic carbocycles. The second kappa shape index (κ2) is 2.88. The van der Waals surface area contributed by atoms with E-state index in [1.165, 1.54) is 12.3 Å². The average Bonchev–Trinajstić information content (AvgIpc) is 2.15. The molecular formula is C9H6FNOS. The van der Waals surface area contributed by atoms with Gasteiger partial charge in [0, 0.05) is 16.5 Å². The summed E-state index contributed by atoms with van der Waals surface area (Å²) in [5, 5.41) is 9.95. The van der Waals surface area contributed by atoms with Crippen LogP contribution < -0.4 is 0 Å². The molecule has 0 spiro atoms. The van der Waals surface area contributed by atoms with Crippen molar-refractivity contribution in [3.05, 3.63) is 30.2 Å². The third-order valence-electron chi connectivity index (χ3n) is 1.80. The Morgan fingerprint density at radius 3 is 3.00 bits per heavy atom. The highest BCUT2D eigenvalue weighted by Crippen LogP contribution is 2.30. The van der Waals surface area contributed by atoms with Gasteiger partial charge in [-0.2, -0.15) is 0 Å². The van der Waals surface area contributed by atoms with Crippen LogP contribution in [0.1, 0.15) is 0 Å². The van der Waals surface area contributed by atoms with E-state index in [2.05, 4.69) is 17.6 Å². The molecule has 1 aromatic carbocycles. The molecule has 66 valence electrons. The lowest BCUT2D eigenvalue weighted by atomic mass is 10.2. The first kappa shape index (κ1) is 8.31. The number of rotatable bonds is 0. The molecule has 2 nitrogen and oxygen atoms in total. The first-order chi connectivity index (χ1) is 6.20. The van der Waals surface area contributed by atoms with Crippen molar-refractivity contribution in [3.63, 3.8) is 0 Å². The van der Waals surface area contributed by atoms with E-state index in [1.54, 1.807) is 12.1 Å². The van der Waals surface area contributed by atoms with Crippen LogP contribution >= 0.6 is 12.6 Å². The van der Waals surface area contributed by atoms with Gasteiger partial charge in [-0.15, -0.1) is 12.6 Å².